The molecule has 0 bridgehead atoms. The van der Waals surface area contributed by atoms with Crippen molar-refractivity contribution in [2.24, 2.45) is 0 Å². The van der Waals surface area contributed by atoms with Gasteiger partial charge >= 0.3 is 0 Å². The standard InChI is InChI=1S/C11H13ClN2/c1-2-14(7-6-13)9-10-4-3-5-11(12)8-10/h3-5,8H,2,7,9H2,1H3. The Kier molecular flexibility index (Phi) is 4.45. The van der Waals surface area contributed by atoms with Gasteiger partial charge in [0.15, 0.2) is 0 Å². The molecule has 0 fully saturated rings. The summed E-state index contributed by atoms with van der Waals surface area (Å²) >= 11 is 5.87. The largest absolute Gasteiger partial charge is 0.287 e. The van der Waals surface area contributed by atoms with Crippen molar-refractivity contribution in [2.45, 2.75) is 13.5 Å². The third-order valence-electron chi connectivity index (χ3n) is 2.04. The van der Waals surface area contributed by atoms with Gasteiger partial charge in [0.1, 0.15) is 0 Å². The maximum Gasteiger partial charge on any atom is 0.0868 e. The third kappa shape index (κ3) is 3.37. The Labute approximate surface area is 89.7 Å². The van der Waals surface area contributed by atoms with Crippen molar-refractivity contribution in [2.75, 3.05) is 13.1 Å². The van der Waals surface area contributed by atoms with E-state index in [0.717, 1.165) is 23.7 Å². The predicted molar refractivity (Wildman–Crippen MR) is 58.0 cm³/mol. The monoisotopic (exact) mass is 208 g/mol. The minimum atomic E-state index is 0.461. The normalized spacial score (nSPS) is 10.1. The highest BCUT2D eigenvalue weighted by molar-refractivity contribution is 6.30. The second-order valence-electron chi connectivity index (χ2n) is 3.09. The molecular weight excluding hydrogens is 196 g/mol. The molecule has 0 saturated heterocycles. The van der Waals surface area contributed by atoms with Crippen LogP contribution in [0.3, 0.4) is 0 Å². The second kappa shape index (κ2) is 5.64. The molecule has 0 spiro atoms. The molecule has 0 aromatic heterocycles. The molecule has 0 atom stereocenters. The number of nitriles is 1. The van der Waals surface area contributed by atoms with Gasteiger partial charge in [0.05, 0.1) is 12.6 Å². The van der Waals surface area contributed by atoms with Crippen molar-refractivity contribution in [3.63, 3.8) is 0 Å². The molecule has 0 amide bonds. The molecule has 74 valence electrons. The summed E-state index contributed by atoms with van der Waals surface area (Å²) < 4.78 is 0. The minimum absolute atomic E-state index is 0.461. The molecule has 0 N–H and O–H groups in total. The molecule has 0 heterocycles. The van der Waals surface area contributed by atoms with Crippen LogP contribution >= 0.6 is 11.6 Å². The van der Waals surface area contributed by atoms with Crippen LogP contribution in [0.4, 0.5) is 0 Å². The lowest BCUT2D eigenvalue weighted by molar-refractivity contribution is 0.315. The first-order chi connectivity index (χ1) is 6.76. The first-order valence-corrected chi connectivity index (χ1v) is 4.97. The van der Waals surface area contributed by atoms with Gasteiger partial charge in [-0.2, -0.15) is 5.26 Å². The fraction of sp³-hybridized carbons (Fsp3) is 0.364. The summed E-state index contributed by atoms with van der Waals surface area (Å²) in [6.45, 7) is 4.16. The summed E-state index contributed by atoms with van der Waals surface area (Å²) in [6, 6.07) is 9.88. The highest BCUT2D eigenvalue weighted by Gasteiger charge is 2.02. The molecule has 0 saturated carbocycles. The van der Waals surface area contributed by atoms with E-state index in [9.17, 15) is 0 Å². The van der Waals surface area contributed by atoms with Crippen LogP contribution in [-0.4, -0.2) is 18.0 Å². The fourth-order valence-electron chi connectivity index (χ4n) is 1.27. The zero-order valence-electron chi connectivity index (χ0n) is 8.20. The molecular formula is C11H13ClN2. The third-order valence-corrected chi connectivity index (χ3v) is 2.27. The number of nitrogens with zero attached hydrogens (tertiary/aromatic N) is 2. The molecule has 1 rings (SSSR count). The Morgan fingerprint density at radius 1 is 1.50 bits per heavy atom. The highest BCUT2D eigenvalue weighted by atomic mass is 35.5. The van der Waals surface area contributed by atoms with E-state index in [2.05, 4.69) is 11.0 Å². The topological polar surface area (TPSA) is 27.0 Å². The maximum atomic E-state index is 8.58. The second-order valence-corrected chi connectivity index (χ2v) is 3.53. The summed E-state index contributed by atoms with van der Waals surface area (Å²) in [4.78, 5) is 2.06. The van der Waals surface area contributed by atoms with E-state index in [4.69, 9.17) is 16.9 Å². The molecule has 0 aliphatic carbocycles. The lowest BCUT2D eigenvalue weighted by atomic mass is 10.2. The van der Waals surface area contributed by atoms with E-state index in [1.165, 1.54) is 0 Å². The van der Waals surface area contributed by atoms with E-state index >= 15 is 0 Å². The van der Waals surface area contributed by atoms with Crippen molar-refractivity contribution in [1.82, 2.24) is 4.90 Å². The van der Waals surface area contributed by atoms with Gasteiger partial charge in [-0.05, 0) is 24.2 Å². The van der Waals surface area contributed by atoms with E-state index in [1.54, 1.807) is 0 Å². The Balaban J connectivity index is 2.63. The van der Waals surface area contributed by atoms with Gasteiger partial charge in [0.25, 0.3) is 0 Å². The summed E-state index contributed by atoms with van der Waals surface area (Å²) in [5, 5.41) is 9.33. The number of hydrogen-bond donors (Lipinski definition) is 0. The van der Waals surface area contributed by atoms with Crippen molar-refractivity contribution in [3.05, 3.63) is 34.9 Å². The minimum Gasteiger partial charge on any atom is -0.287 e. The zero-order valence-corrected chi connectivity index (χ0v) is 8.96. The van der Waals surface area contributed by atoms with Crippen LogP contribution in [0.1, 0.15) is 12.5 Å². The predicted octanol–water partition coefficient (Wildman–Crippen LogP) is 2.69. The molecule has 2 nitrogen and oxygen atoms in total. The van der Waals surface area contributed by atoms with E-state index < -0.39 is 0 Å². The van der Waals surface area contributed by atoms with Crippen LogP contribution in [0.5, 0.6) is 0 Å². The Bertz CT molecular complexity index is 330. The van der Waals surface area contributed by atoms with Crippen molar-refractivity contribution >= 4 is 11.6 Å². The maximum absolute atomic E-state index is 8.58. The van der Waals surface area contributed by atoms with E-state index in [0.29, 0.717) is 6.54 Å². The van der Waals surface area contributed by atoms with Gasteiger partial charge in [-0.15, -0.1) is 0 Å². The van der Waals surface area contributed by atoms with Gasteiger partial charge in [0.2, 0.25) is 0 Å². The fourth-order valence-corrected chi connectivity index (χ4v) is 1.49. The molecule has 0 unspecified atom stereocenters. The quantitative estimate of drug-likeness (QED) is 0.712. The van der Waals surface area contributed by atoms with Gasteiger partial charge in [-0.1, -0.05) is 30.7 Å². The van der Waals surface area contributed by atoms with Crippen LogP contribution in [-0.2, 0) is 6.54 Å². The molecule has 14 heavy (non-hydrogen) atoms. The number of benzene rings is 1. The average Bonchev–Trinajstić information content (AvgIpc) is 2.17. The van der Waals surface area contributed by atoms with Crippen LogP contribution in [0.2, 0.25) is 5.02 Å². The molecule has 0 aliphatic rings. The first kappa shape index (κ1) is 11.0. The molecule has 1 aromatic carbocycles. The summed E-state index contributed by atoms with van der Waals surface area (Å²) in [6.07, 6.45) is 0. The molecule has 1 aromatic rings. The summed E-state index contributed by atoms with van der Waals surface area (Å²) in [5.41, 5.74) is 1.15. The van der Waals surface area contributed by atoms with Crippen molar-refractivity contribution in [1.29, 1.82) is 5.26 Å². The first-order valence-electron chi connectivity index (χ1n) is 4.60. The number of hydrogen-bond acceptors (Lipinski definition) is 2. The van der Waals surface area contributed by atoms with Crippen molar-refractivity contribution < 1.29 is 0 Å². The van der Waals surface area contributed by atoms with Crippen LogP contribution in [0, 0.1) is 11.3 Å². The Hall–Kier alpha value is -1.04. The van der Waals surface area contributed by atoms with Crippen molar-refractivity contribution in [3.8, 4) is 6.07 Å². The molecule has 0 radical (unpaired) electrons. The highest BCUT2D eigenvalue weighted by Crippen LogP contribution is 2.12. The number of rotatable bonds is 4. The Morgan fingerprint density at radius 2 is 2.29 bits per heavy atom. The van der Waals surface area contributed by atoms with Gasteiger partial charge in [-0.25, -0.2) is 0 Å². The van der Waals surface area contributed by atoms with Gasteiger partial charge in [-0.3, -0.25) is 4.90 Å². The SMILES string of the molecule is CCN(CC#N)Cc1cccc(Cl)c1. The van der Waals surface area contributed by atoms with Crippen LogP contribution in [0.15, 0.2) is 24.3 Å². The Morgan fingerprint density at radius 3 is 2.86 bits per heavy atom. The molecule has 0 aliphatic heterocycles. The van der Waals surface area contributed by atoms with Crippen LogP contribution < -0.4 is 0 Å². The lowest BCUT2D eigenvalue weighted by Gasteiger charge is -2.16. The summed E-state index contributed by atoms with van der Waals surface area (Å²) in [5.74, 6) is 0. The lowest BCUT2D eigenvalue weighted by Crippen LogP contribution is -2.22. The smallest absolute Gasteiger partial charge is 0.0868 e. The average molecular weight is 209 g/mol. The zero-order chi connectivity index (χ0) is 10.4. The van der Waals surface area contributed by atoms with Crippen LogP contribution in [0.25, 0.3) is 0 Å². The number of halogens is 1. The van der Waals surface area contributed by atoms with E-state index in [-0.39, 0.29) is 0 Å². The van der Waals surface area contributed by atoms with Gasteiger partial charge in [0, 0.05) is 11.6 Å². The molecule has 3 heteroatoms. The van der Waals surface area contributed by atoms with E-state index in [1.807, 2.05) is 31.2 Å². The van der Waals surface area contributed by atoms with Gasteiger partial charge < -0.3 is 0 Å². The summed E-state index contributed by atoms with van der Waals surface area (Å²) in [7, 11) is 0.